The number of anilines is 2. The molecular formula is C13H15ClN4OS. The predicted octanol–water partition coefficient (Wildman–Crippen LogP) is 2.01. The summed E-state index contributed by atoms with van der Waals surface area (Å²) in [5, 5.41) is 12.7. The summed E-state index contributed by atoms with van der Waals surface area (Å²) < 4.78 is 0. The van der Waals surface area contributed by atoms with E-state index in [1.165, 1.54) is 0 Å². The van der Waals surface area contributed by atoms with E-state index in [0.717, 1.165) is 42.7 Å². The Labute approximate surface area is 126 Å². The molecule has 20 heavy (non-hydrogen) atoms. The van der Waals surface area contributed by atoms with Gasteiger partial charge in [0.1, 0.15) is 5.82 Å². The van der Waals surface area contributed by atoms with Crippen LogP contribution in [0, 0.1) is 0 Å². The smallest absolute Gasteiger partial charge is 0.185 e. The van der Waals surface area contributed by atoms with Crippen LogP contribution in [-0.2, 0) is 6.61 Å². The summed E-state index contributed by atoms with van der Waals surface area (Å²) in [6.45, 7) is 3.51. The van der Waals surface area contributed by atoms with E-state index < -0.39 is 0 Å². The van der Waals surface area contributed by atoms with E-state index in [2.05, 4.69) is 19.8 Å². The summed E-state index contributed by atoms with van der Waals surface area (Å²) in [4.78, 5) is 13.1. The summed E-state index contributed by atoms with van der Waals surface area (Å²) >= 11 is 7.90. The van der Waals surface area contributed by atoms with Gasteiger partial charge in [0.05, 0.1) is 11.6 Å². The molecule has 106 valence electrons. The zero-order valence-corrected chi connectivity index (χ0v) is 12.4. The van der Waals surface area contributed by atoms with Crippen molar-refractivity contribution < 1.29 is 5.11 Å². The first kappa shape index (κ1) is 13.6. The van der Waals surface area contributed by atoms with Crippen LogP contribution in [0.15, 0.2) is 23.8 Å². The van der Waals surface area contributed by atoms with Crippen LogP contribution in [0.2, 0.25) is 5.02 Å². The molecule has 0 radical (unpaired) electrons. The van der Waals surface area contributed by atoms with Gasteiger partial charge in [-0.2, -0.15) is 0 Å². The quantitative estimate of drug-likeness (QED) is 0.940. The second-order valence-corrected chi connectivity index (χ2v) is 5.88. The first-order valence-electron chi connectivity index (χ1n) is 6.42. The maximum Gasteiger partial charge on any atom is 0.185 e. The Morgan fingerprint density at radius 3 is 2.55 bits per heavy atom. The zero-order chi connectivity index (χ0) is 13.9. The van der Waals surface area contributed by atoms with Gasteiger partial charge in [-0.1, -0.05) is 11.6 Å². The van der Waals surface area contributed by atoms with Gasteiger partial charge >= 0.3 is 0 Å². The molecule has 5 nitrogen and oxygen atoms in total. The van der Waals surface area contributed by atoms with E-state index >= 15 is 0 Å². The van der Waals surface area contributed by atoms with Crippen LogP contribution in [0.25, 0.3) is 0 Å². The van der Waals surface area contributed by atoms with Crippen molar-refractivity contribution in [2.75, 3.05) is 36.0 Å². The maximum absolute atomic E-state index is 9.08. The maximum atomic E-state index is 9.08. The average Bonchev–Trinajstić information content (AvgIpc) is 3.01. The molecule has 0 saturated carbocycles. The van der Waals surface area contributed by atoms with Crippen LogP contribution in [-0.4, -0.2) is 41.3 Å². The van der Waals surface area contributed by atoms with Crippen molar-refractivity contribution in [3.8, 4) is 0 Å². The Morgan fingerprint density at radius 2 is 1.95 bits per heavy atom. The number of nitrogens with zero attached hydrogens (tertiary/aromatic N) is 4. The van der Waals surface area contributed by atoms with E-state index in [4.69, 9.17) is 16.7 Å². The van der Waals surface area contributed by atoms with Gasteiger partial charge in [0.25, 0.3) is 0 Å². The highest BCUT2D eigenvalue weighted by atomic mass is 35.5. The first-order valence-corrected chi connectivity index (χ1v) is 7.68. The van der Waals surface area contributed by atoms with E-state index in [1.807, 2.05) is 11.6 Å². The molecule has 0 aliphatic carbocycles. The Morgan fingerprint density at radius 1 is 1.20 bits per heavy atom. The molecule has 0 aromatic carbocycles. The summed E-state index contributed by atoms with van der Waals surface area (Å²) in [7, 11) is 0. The minimum Gasteiger partial charge on any atom is -0.392 e. The minimum atomic E-state index is -0.0369. The van der Waals surface area contributed by atoms with Gasteiger partial charge in [-0.3, -0.25) is 0 Å². The van der Waals surface area contributed by atoms with Gasteiger partial charge in [0.15, 0.2) is 5.13 Å². The molecule has 1 aliphatic rings. The summed E-state index contributed by atoms with van der Waals surface area (Å²) in [5.41, 5.74) is 0.736. The second kappa shape index (κ2) is 5.95. The third-order valence-electron chi connectivity index (χ3n) is 3.33. The normalized spacial score (nSPS) is 15.7. The number of halogens is 1. The lowest BCUT2D eigenvalue weighted by atomic mass is 10.2. The number of thiazole rings is 1. The van der Waals surface area contributed by atoms with E-state index in [0.29, 0.717) is 5.02 Å². The van der Waals surface area contributed by atoms with Gasteiger partial charge in [0, 0.05) is 44.0 Å². The number of piperazine rings is 1. The fourth-order valence-corrected chi connectivity index (χ4v) is 3.28. The standard InChI is InChI=1S/C13H15ClN4OS/c14-11-7-10(9-19)8-16-12(11)17-2-4-18(5-3-17)13-15-1-6-20-13/h1,6-8,19H,2-5,9H2. The van der Waals surface area contributed by atoms with Gasteiger partial charge in [-0.05, 0) is 11.6 Å². The van der Waals surface area contributed by atoms with Crippen LogP contribution in [0.5, 0.6) is 0 Å². The first-order chi connectivity index (χ1) is 9.78. The molecule has 1 aliphatic heterocycles. The van der Waals surface area contributed by atoms with Crippen molar-refractivity contribution in [1.29, 1.82) is 0 Å². The molecule has 1 N–H and O–H groups in total. The number of pyridine rings is 1. The highest BCUT2D eigenvalue weighted by Crippen LogP contribution is 2.26. The molecule has 1 saturated heterocycles. The number of aliphatic hydroxyl groups excluding tert-OH is 1. The number of hydrogen-bond donors (Lipinski definition) is 1. The molecule has 0 atom stereocenters. The number of hydrogen-bond acceptors (Lipinski definition) is 6. The zero-order valence-electron chi connectivity index (χ0n) is 10.9. The Hall–Kier alpha value is -1.37. The molecule has 3 heterocycles. The number of rotatable bonds is 3. The van der Waals surface area contributed by atoms with E-state index in [-0.39, 0.29) is 6.61 Å². The molecule has 7 heteroatoms. The lowest BCUT2D eigenvalue weighted by Crippen LogP contribution is -2.46. The SMILES string of the molecule is OCc1cnc(N2CCN(c3nccs3)CC2)c(Cl)c1. The van der Waals surface area contributed by atoms with E-state index in [1.54, 1.807) is 23.6 Å². The van der Waals surface area contributed by atoms with Crippen LogP contribution in [0.3, 0.4) is 0 Å². The number of aliphatic hydroxyl groups is 1. The molecule has 2 aromatic rings. The number of aromatic nitrogens is 2. The highest BCUT2D eigenvalue weighted by Gasteiger charge is 2.21. The molecule has 0 bridgehead atoms. The Balaban J connectivity index is 1.69. The van der Waals surface area contributed by atoms with Crippen LogP contribution in [0.4, 0.5) is 10.9 Å². The highest BCUT2D eigenvalue weighted by molar-refractivity contribution is 7.13. The Bertz CT molecular complexity index is 570. The van der Waals surface area contributed by atoms with Gasteiger partial charge in [-0.25, -0.2) is 9.97 Å². The fraction of sp³-hybridized carbons (Fsp3) is 0.385. The van der Waals surface area contributed by atoms with Crippen LogP contribution < -0.4 is 9.80 Å². The fourth-order valence-electron chi connectivity index (χ4n) is 2.27. The Kier molecular flexibility index (Phi) is 4.05. The van der Waals surface area contributed by atoms with Gasteiger partial charge in [0.2, 0.25) is 0 Å². The van der Waals surface area contributed by atoms with Gasteiger partial charge in [-0.15, -0.1) is 11.3 Å². The topological polar surface area (TPSA) is 52.5 Å². The summed E-state index contributed by atoms with van der Waals surface area (Å²) in [6.07, 6.45) is 3.51. The van der Waals surface area contributed by atoms with Crippen molar-refractivity contribution in [1.82, 2.24) is 9.97 Å². The van der Waals surface area contributed by atoms with Crippen LogP contribution in [0.1, 0.15) is 5.56 Å². The predicted molar refractivity (Wildman–Crippen MR) is 81.7 cm³/mol. The molecular weight excluding hydrogens is 296 g/mol. The third-order valence-corrected chi connectivity index (χ3v) is 4.44. The lowest BCUT2D eigenvalue weighted by Gasteiger charge is -2.35. The largest absolute Gasteiger partial charge is 0.392 e. The van der Waals surface area contributed by atoms with Crippen molar-refractivity contribution >= 4 is 33.9 Å². The lowest BCUT2D eigenvalue weighted by molar-refractivity contribution is 0.281. The monoisotopic (exact) mass is 310 g/mol. The molecule has 3 rings (SSSR count). The van der Waals surface area contributed by atoms with Crippen LogP contribution >= 0.6 is 22.9 Å². The average molecular weight is 311 g/mol. The molecule has 0 spiro atoms. The minimum absolute atomic E-state index is 0.0369. The second-order valence-electron chi connectivity index (χ2n) is 4.60. The summed E-state index contributed by atoms with van der Waals surface area (Å²) in [6, 6.07) is 1.77. The van der Waals surface area contributed by atoms with Crippen molar-refractivity contribution in [2.45, 2.75) is 6.61 Å². The molecule has 0 amide bonds. The van der Waals surface area contributed by atoms with Crippen molar-refractivity contribution in [3.05, 3.63) is 34.4 Å². The summed E-state index contributed by atoms with van der Waals surface area (Å²) in [5.74, 6) is 0.794. The van der Waals surface area contributed by atoms with Gasteiger partial charge < -0.3 is 14.9 Å². The molecule has 1 fully saturated rings. The van der Waals surface area contributed by atoms with Crippen molar-refractivity contribution in [2.24, 2.45) is 0 Å². The van der Waals surface area contributed by atoms with E-state index in [9.17, 15) is 0 Å². The van der Waals surface area contributed by atoms with Crippen molar-refractivity contribution in [3.63, 3.8) is 0 Å². The third kappa shape index (κ3) is 2.72. The molecule has 2 aromatic heterocycles. The molecule has 0 unspecified atom stereocenters.